The summed E-state index contributed by atoms with van der Waals surface area (Å²) in [7, 11) is 0. The van der Waals surface area contributed by atoms with Crippen molar-refractivity contribution in [3.63, 3.8) is 0 Å². The molecule has 0 aliphatic carbocycles. The molecule has 2 aromatic carbocycles. The summed E-state index contributed by atoms with van der Waals surface area (Å²) in [5.41, 5.74) is 2.81. The Morgan fingerprint density at radius 2 is 1.10 bits per heavy atom. The third-order valence-electron chi connectivity index (χ3n) is 4.24. The second-order valence-corrected chi connectivity index (χ2v) is 6.87. The molecule has 0 bridgehead atoms. The van der Waals surface area contributed by atoms with Crippen molar-refractivity contribution >= 4 is 22.7 Å². The van der Waals surface area contributed by atoms with Crippen LogP contribution in [0.4, 0.5) is 0 Å². The van der Waals surface area contributed by atoms with E-state index in [1.54, 1.807) is 13.8 Å². The van der Waals surface area contributed by atoms with Crippen LogP contribution in [0, 0.1) is 0 Å². The highest BCUT2D eigenvalue weighted by Gasteiger charge is 2.08. The van der Waals surface area contributed by atoms with Crippen LogP contribution >= 0.6 is 0 Å². The van der Waals surface area contributed by atoms with E-state index in [4.69, 9.17) is 18.9 Å². The SMILES string of the molecule is C=C(C)C(=O)OCCOCc1ccc(COCCOC(=O)C(=C)C)c2ccccc12. The first-order valence-electron chi connectivity index (χ1n) is 9.70. The van der Waals surface area contributed by atoms with Gasteiger partial charge in [-0.05, 0) is 35.7 Å². The molecule has 0 unspecified atom stereocenters. The number of hydrogen-bond acceptors (Lipinski definition) is 6. The van der Waals surface area contributed by atoms with Gasteiger partial charge in [0.05, 0.1) is 26.4 Å². The van der Waals surface area contributed by atoms with Gasteiger partial charge in [-0.15, -0.1) is 0 Å². The van der Waals surface area contributed by atoms with Gasteiger partial charge in [0.2, 0.25) is 0 Å². The fraction of sp³-hybridized carbons (Fsp3) is 0.333. The molecule has 6 heteroatoms. The first kappa shape index (κ1) is 23.3. The zero-order chi connectivity index (χ0) is 21.9. The average Bonchev–Trinajstić information content (AvgIpc) is 2.73. The summed E-state index contributed by atoms with van der Waals surface area (Å²) in [5, 5.41) is 2.15. The van der Waals surface area contributed by atoms with E-state index >= 15 is 0 Å². The van der Waals surface area contributed by atoms with E-state index in [1.165, 1.54) is 0 Å². The van der Waals surface area contributed by atoms with Crippen molar-refractivity contribution in [2.45, 2.75) is 27.1 Å². The molecular formula is C24H28O6. The van der Waals surface area contributed by atoms with E-state index in [-0.39, 0.29) is 13.2 Å². The van der Waals surface area contributed by atoms with Crippen molar-refractivity contribution in [2.75, 3.05) is 26.4 Å². The molecule has 0 amide bonds. The Hall–Kier alpha value is -2.96. The molecule has 0 atom stereocenters. The van der Waals surface area contributed by atoms with Gasteiger partial charge in [-0.2, -0.15) is 0 Å². The second kappa shape index (κ2) is 11.9. The van der Waals surface area contributed by atoms with Gasteiger partial charge in [0.1, 0.15) is 13.2 Å². The minimum absolute atomic E-state index is 0.186. The number of hydrogen-bond donors (Lipinski definition) is 0. The molecule has 160 valence electrons. The number of carbonyl (C=O) groups excluding carboxylic acids is 2. The van der Waals surface area contributed by atoms with Crippen LogP contribution in [0.5, 0.6) is 0 Å². The molecular weight excluding hydrogens is 384 g/mol. The lowest BCUT2D eigenvalue weighted by molar-refractivity contribution is -0.141. The maximum Gasteiger partial charge on any atom is 0.333 e. The topological polar surface area (TPSA) is 71.1 Å². The van der Waals surface area contributed by atoms with E-state index < -0.39 is 11.9 Å². The Bertz CT molecular complexity index is 841. The predicted octanol–water partition coefficient (Wildman–Crippen LogP) is 4.11. The molecule has 0 N–H and O–H groups in total. The summed E-state index contributed by atoms with van der Waals surface area (Å²) in [6.45, 7) is 12.1. The molecule has 0 aliphatic rings. The smallest absolute Gasteiger partial charge is 0.333 e. The summed E-state index contributed by atoms with van der Waals surface area (Å²) >= 11 is 0. The Morgan fingerprint density at radius 1 is 0.700 bits per heavy atom. The first-order valence-corrected chi connectivity index (χ1v) is 9.70. The Morgan fingerprint density at radius 3 is 1.47 bits per heavy atom. The molecule has 0 aromatic heterocycles. The van der Waals surface area contributed by atoms with Gasteiger partial charge in [0.15, 0.2) is 0 Å². The van der Waals surface area contributed by atoms with Crippen LogP contribution in [0.15, 0.2) is 60.7 Å². The van der Waals surface area contributed by atoms with Crippen molar-refractivity contribution in [2.24, 2.45) is 0 Å². The summed E-state index contributed by atoms with van der Waals surface area (Å²) in [6, 6.07) is 12.0. The molecule has 0 aliphatic heterocycles. The largest absolute Gasteiger partial charge is 0.460 e. The molecule has 0 saturated carbocycles. The van der Waals surface area contributed by atoms with Gasteiger partial charge in [0.25, 0.3) is 0 Å². The van der Waals surface area contributed by atoms with Crippen molar-refractivity contribution in [3.05, 3.63) is 71.8 Å². The van der Waals surface area contributed by atoms with Gasteiger partial charge in [-0.3, -0.25) is 0 Å². The zero-order valence-electron chi connectivity index (χ0n) is 17.6. The van der Waals surface area contributed by atoms with Crippen LogP contribution < -0.4 is 0 Å². The van der Waals surface area contributed by atoms with E-state index in [0.29, 0.717) is 37.6 Å². The lowest BCUT2D eigenvalue weighted by Crippen LogP contribution is -2.11. The van der Waals surface area contributed by atoms with Gasteiger partial charge >= 0.3 is 11.9 Å². The van der Waals surface area contributed by atoms with Crippen molar-refractivity contribution in [1.82, 2.24) is 0 Å². The summed E-state index contributed by atoms with van der Waals surface area (Å²) in [6.07, 6.45) is 0. The lowest BCUT2D eigenvalue weighted by atomic mass is 10.0. The monoisotopic (exact) mass is 412 g/mol. The Labute approximate surface area is 177 Å². The molecule has 0 saturated heterocycles. The van der Waals surface area contributed by atoms with E-state index in [1.807, 2.05) is 36.4 Å². The molecule has 0 spiro atoms. The highest BCUT2D eigenvalue weighted by molar-refractivity contribution is 5.89. The number of esters is 2. The van der Waals surface area contributed by atoms with Crippen LogP contribution in [0.2, 0.25) is 0 Å². The molecule has 0 fully saturated rings. The average molecular weight is 412 g/mol. The Balaban J connectivity index is 1.88. The number of ether oxygens (including phenoxy) is 4. The van der Waals surface area contributed by atoms with Gasteiger partial charge < -0.3 is 18.9 Å². The third-order valence-corrected chi connectivity index (χ3v) is 4.24. The maximum absolute atomic E-state index is 11.4. The van der Waals surface area contributed by atoms with Gasteiger partial charge in [-0.1, -0.05) is 49.6 Å². The molecule has 6 nitrogen and oxygen atoms in total. The van der Waals surface area contributed by atoms with Crippen LogP contribution in [-0.2, 0) is 41.8 Å². The fourth-order valence-electron chi connectivity index (χ4n) is 2.67. The van der Waals surface area contributed by atoms with Crippen molar-refractivity contribution in [3.8, 4) is 0 Å². The second-order valence-electron chi connectivity index (χ2n) is 6.87. The van der Waals surface area contributed by atoms with Crippen LogP contribution in [0.25, 0.3) is 10.8 Å². The summed E-state index contributed by atoms with van der Waals surface area (Å²) in [4.78, 5) is 22.7. The fourth-order valence-corrected chi connectivity index (χ4v) is 2.67. The molecule has 0 radical (unpaired) electrons. The van der Waals surface area contributed by atoms with E-state index in [9.17, 15) is 9.59 Å². The molecule has 2 aromatic rings. The molecule has 2 rings (SSSR count). The van der Waals surface area contributed by atoms with Crippen molar-refractivity contribution in [1.29, 1.82) is 0 Å². The standard InChI is InChI=1S/C24H28O6/c1-17(2)23(25)29-13-11-27-15-19-9-10-20(22-8-6-5-7-21(19)22)16-28-12-14-30-24(26)18(3)4/h5-10H,1,3,11-16H2,2,4H3. The third kappa shape index (κ3) is 7.13. The summed E-state index contributed by atoms with van der Waals surface area (Å²) < 4.78 is 21.4. The highest BCUT2D eigenvalue weighted by atomic mass is 16.6. The zero-order valence-corrected chi connectivity index (χ0v) is 17.6. The number of rotatable bonds is 12. The lowest BCUT2D eigenvalue weighted by Gasteiger charge is -2.13. The van der Waals surface area contributed by atoms with Gasteiger partial charge in [-0.25, -0.2) is 9.59 Å². The number of benzene rings is 2. The minimum Gasteiger partial charge on any atom is -0.460 e. The van der Waals surface area contributed by atoms with Crippen LogP contribution in [0.3, 0.4) is 0 Å². The highest BCUT2D eigenvalue weighted by Crippen LogP contribution is 2.24. The molecule has 0 heterocycles. The maximum atomic E-state index is 11.4. The van der Waals surface area contributed by atoms with E-state index in [2.05, 4.69) is 13.2 Å². The van der Waals surface area contributed by atoms with E-state index in [0.717, 1.165) is 21.9 Å². The number of fused-ring (bicyclic) bond motifs is 1. The van der Waals surface area contributed by atoms with Crippen molar-refractivity contribution < 1.29 is 28.5 Å². The minimum atomic E-state index is -0.414. The normalized spacial score (nSPS) is 10.6. The van der Waals surface area contributed by atoms with Crippen LogP contribution in [0.1, 0.15) is 25.0 Å². The van der Waals surface area contributed by atoms with Crippen LogP contribution in [-0.4, -0.2) is 38.4 Å². The quantitative estimate of drug-likeness (QED) is 0.297. The summed E-state index contributed by atoms with van der Waals surface area (Å²) in [5.74, 6) is -0.828. The predicted molar refractivity (Wildman–Crippen MR) is 115 cm³/mol. The van der Waals surface area contributed by atoms with Gasteiger partial charge in [0, 0.05) is 11.1 Å². The molecule has 30 heavy (non-hydrogen) atoms. The Kier molecular flexibility index (Phi) is 9.25. The first-order chi connectivity index (χ1) is 14.4. The number of carbonyl (C=O) groups is 2.